The molecule has 0 radical (unpaired) electrons. The first-order valence-corrected chi connectivity index (χ1v) is 7.96. The summed E-state index contributed by atoms with van der Waals surface area (Å²) >= 11 is 0. The summed E-state index contributed by atoms with van der Waals surface area (Å²) in [4.78, 5) is 10.4. The summed E-state index contributed by atoms with van der Waals surface area (Å²) in [6, 6.07) is 2.48. The average Bonchev–Trinajstić information content (AvgIpc) is 3.05. The second-order valence-electron chi connectivity index (χ2n) is 6.33. The standard InChI is InChI=1S/C16H19F3N4O/c1-10(2)15-21-14(22-24-15)11-4-3-7-23(9-11)13-6-5-12(8-20-13)16(17,18)19/h5-6,8,10-11H,3-4,7,9H2,1-2H3/t11-/m0/s1. The van der Waals surface area contributed by atoms with Gasteiger partial charge in [-0.3, -0.25) is 0 Å². The maximum atomic E-state index is 12.6. The molecular formula is C16H19F3N4O. The van der Waals surface area contributed by atoms with E-state index >= 15 is 0 Å². The Labute approximate surface area is 137 Å². The number of rotatable bonds is 3. The largest absolute Gasteiger partial charge is 0.417 e. The molecular weight excluding hydrogens is 321 g/mol. The van der Waals surface area contributed by atoms with Gasteiger partial charge in [-0.05, 0) is 25.0 Å². The molecule has 0 unspecified atom stereocenters. The number of piperidine rings is 1. The van der Waals surface area contributed by atoms with Crippen LogP contribution in [0.3, 0.4) is 0 Å². The summed E-state index contributed by atoms with van der Waals surface area (Å²) in [6.45, 7) is 5.34. The summed E-state index contributed by atoms with van der Waals surface area (Å²) < 4.78 is 43.1. The van der Waals surface area contributed by atoms with E-state index in [1.54, 1.807) is 0 Å². The molecule has 1 saturated heterocycles. The van der Waals surface area contributed by atoms with Gasteiger partial charge in [0.05, 0.1) is 5.56 Å². The molecule has 1 atom stereocenters. The van der Waals surface area contributed by atoms with Gasteiger partial charge in [0, 0.05) is 31.1 Å². The van der Waals surface area contributed by atoms with E-state index < -0.39 is 11.7 Å². The minimum Gasteiger partial charge on any atom is -0.356 e. The number of hydrogen-bond acceptors (Lipinski definition) is 5. The monoisotopic (exact) mass is 340 g/mol. The lowest BCUT2D eigenvalue weighted by atomic mass is 9.97. The number of aromatic nitrogens is 3. The van der Waals surface area contributed by atoms with Gasteiger partial charge in [-0.2, -0.15) is 18.2 Å². The van der Waals surface area contributed by atoms with Crippen LogP contribution in [0, 0.1) is 0 Å². The third-order valence-corrected chi connectivity index (χ3v) is 4.14. The molecule has 1 fully saturated rings. The molecule has 5 nitrogen and oxygen atoms in total. The van der Waals surface area contributed by atoms with E-state index in [4.69, 9.17) is 4.52 Å². The molecule has 24 heavy (non-hydrogen) atoms. The molecule has 0 N–H and O–H groups in total. The summed E-state index contributed by atoms with van der Waals surface area (Å²) in [5.74, 6) is 2.08. The van der Waals surface area contributed by atoms with Crippen LogP contribution in [0.15, 0.2) is 22.9 Å². The minimum atomic E-state index is -4.37. The van der Waals surface area contributed by atoms with Crippen molar-refractivity contribution in [3.8, 4) is 0 Å². The first-order valence-electron chi connectivity index (χ1n) is 7.96. The minimum absolute atomic E-state index is 0.0964. The molecule has 0 spiro atoms. The van der Waals surface area contributed by atoms with Gasteiger partial charge in [0.1, 0.15) is 5.82 Å². The van der Waals surface area contributed by atoms with E-state index in [-0.39, 0.29) is 11.8 Å². The molecule has 2 aromatic heterocycles. The Morgan fingerprint density at radius 3 is 2.67 bits per heavy atom. The lowest BCUT2D eigenvalue weighted by Gasteiger charge is -2.32. The van der Waals surface area contributed by atoms with Crippen LogP contribution >= 0.6 is 0 Å². The maximum absolute atomic E-state index is 12.6. The number of alkyl halides is 3. The van der Waals surface area contributed by atoms with Gasteiger partial charge in [0.2, 0.25) is 5.89 Å². The number of hydrogen-bond donors (Lipinski definition) is 0. The fourth-order valence-corrected chi connectivity index (χ4v) is 2.78. The smallest absolute Gasteiger partial charge is 0.356 e. The van der Waals surface area contributed by atoms with Gasteiger partial charge in [-0.25, -0.2) is 4.98 Å². The van der Waals surface area contributed by atoms with Crippen molar-refractivity contribution in [1.82, 2.24) is 15.1 Å². The Balaban J connectivity index is 1.73. The fraction of sp³-hybridized carbons (Fsp3) is 0.562. The van der Waals surface area contributed by atoms with Gasteiger partial charge in [-0.1, -0.05) is 19.0 Å². The third-order valence-electron chi connectivity index (χ3n) is 4.14. The van der Waals surface area contributed by atoms with E-state index in [0.29, 0.717) is 24.1 Å². The number of pyridine rings is 1. The molecule has 3 heterocycles. The van der Waals surface area contributed by atoms with E-state index in [1.807, 2.05) is 18.7 Å². The summed E-state index contributed by atoms with van der Waals surface area (Å²) in [5.41, 5.74) is -0.737. The Kier molecular flexibility index (Phi) is 4.47. The van der Waals surface area contributed by atoms with Gasteiger partial charge in [0.25, 0.3) is 0 Å². The molecule has 1 aliphatic rings. The van der Waals surface area contributed by atoms with Crippen LogP contribution in [0.2, 0.25) is 0 Å². The molecule has 0 amide bonds. The quantitative estimate of drug-likeness (QED) is 0.845. The zero-order valence-corrected chi connectivity index (χ0v) is 13.5. The highest BCUT2D eigenvalue weighted by Crippen LogP contribution is 2.31. The van der Waals surface area contributed by atoms with E-state index in [9.17, 15) is 13.2 Å². The molecule has 0 aromatic carbocycles. The first-order chi connectivity index (χ1) is 11.3. The molecule has 0 saturated carbocycles. The topological polar surface area (TPSA) is 55.1 Å². The maximum Gasteiger partial charge on any atom is 0.417 e. The van der Waals surface area contributed by atoms with Crippen LogP contribution in [-0.2, 0) is 6.18 Å². The fourth-order valence-electron chi connectivity index (χ4n) is 2.78. The second kappa shape index (κ2) is 6.41. The van der Waals surface area contributed by atoms with Crippen molar-refractivity contribution in [2.45, 2.75) is 44.7 Å². The van der Waals surface area contributed by atoms with Crippen molar-refractivity contribution in [2.24, 2.45) is 0 Å². The summed E-state index contributed by atoms with van der Waals surface area (Å²) in [7, 11) is 0. The number of nitrogens with zero attached hydrogens (tertiary/aromatic N) is 4. The Hall–Kier alpha value is -2.12. The van der Waals surface area contributed by atoms with Crippen molar-refractivity contribution < 1.29 is 17.7 Å². The zero-order valence-electron chi connectivity index (χ0n) is 13.5. The van der Waals surface area contributed by atoms with E-state index in [1.165, 1.54) is 6.07 Å². The molecule has 0 bridgehead atoms. The first kappa shape index (κ1) is 16.7. The van der Waals surface area contributed by atoms with E-state index in [2.05, 4.69) is 15.1 Å². The highest BCUT2D eigenvalue weighted by molar-refractivity contribution is 5.41. The summed E-state index contributed by atoms with van der Waals surface area (Å²) in [5, 5.41) is 4.05. The Bertz CT molecular complexity index is 681. The van der Waals surface area contributed by atoms with Crippen molar-refractivity contribution >= 4 is 5.82 Å². The zero-order chi connectivity index (χ0) is 17.3. The number of anilines is 1. The Morgan fingerprint density at radius 2 is 2.08 bits per heavy atom. The molecule has 8 heteroatoms. The lowest BCUT2D eigenvalue weighted by Crippen LogP contribution is -2.35. The second-order valence-corrected chi connectivity index (χ2v) is 6.33. The molecule has 2 aromatic rings. The van der Waals surface area contributed by atoms with Gasteiger partial charge in [0.15, 0.2) is 5.82 Å². The van der Waals surface area contributed by atoms with Gasteiger partial charge < -0.3 is 9.42 Å². The highest BCUT2D eigenvalue weighted by Gasteiger charge is 2.31. The van der Waals surface area contributed by atoms with Crippen LogP contribution < -0.4 is 4.90 Å². The van der Waals surface area contributed by atoms with Crippen molar-refractivity contribution in [2.75, 3.05) is 18.0 Å². The van der Waals surface area contributed by atoms with Crippen LogP contribution in [0.25, 0.3) is 0 Å². The van der Waals surface area contributed by atoms with Crippen LogP contribution in [0.4, 0.5) is 19.0 Å². The molecule has 0 aliphatic carbocycles. The van der Waals surface area contributed by atoms with Crippen molar-refractivity contribution in [3.05, 3.63) is 35.6 Å². The molecule has 1 aliphatic heterocycles. The Morgan fingerprint density at radius 1 is 1.29 bits per heavy atom. The highest BCUT2D eigenvalue weighted by atomic mass is 19.4. The van der Waals surface area contributed by atoms with Gasteiger partial charge in [-0.15, -0.1) is 0 Å². The normalized spacial score (nSPS) is 19.1. The van der Waals surface area contributed by atoms with E-state index in [0.717, 1.165) is 31.6 Å². The number of halogens is 3. The third kappa shape index (κ3) is 3.52. The van der Waals surface area contributed by atoms with Crippen molar-refractivity contribution in [3.63, 3.8) is 0 Å². The lowest BCUT2D eigenvalue weighted by molar-refractivity contribution is -0.137. The van der Waals surface area contributed by atoms with Gasteiger partial charge >= 0.3 is 6.18 Å². The van der Waals surface area contributed by atoms with Crippen molar-refractivity contribution in [1.29, 1.82) is 0 Å². The SMILES string of the molecule is CC(C)c1nc([C@H]2CCCN(c3ccc(C(F)(F)F)cn3)C2)no1. The molecule has 3 rings (SSSR count). The summed E-state index contributed by atoms with van der Waals surface area (Å²) in [6.07, 6.45) is -1.66. The predicted octanol–water partition coefficient (Wildman–Crippen LogP) is 3.99. The molecule has 130 valence electrons. The van der Waals surface area contributed by atoms with Crippen LogP contribution in [0.5, 0.6) is 0 Å². The average molecular weight is 340 g/mol. The van der Waals surface area contributed by atoms with Crippen LogP contribution in [0.1, 0.15) is 55.8 Å². The predicted molar refractivity (Wildman–Crippen MR) is 81.8 cm³/mol. The van der Waals surface area contributed by atoms with Crippen LogP contribution in [-0.4, -0.2) is 28.2 Å².